The van der Waals surface area contributed by atoms with Crippen LogP contribution in [0.5, 0.6) is 0 Å². The maximum atomic E-state index is 10.6. The lowest BCUT2D eigenvalue weighted by Gasteiger charge is -2.36. The first-order valence-electron chi connectivity index (χ1n) is 6.85. The van der Waals surface area contributed by atoms with Crippen LogP contribution in [0.15, 0.2) is 18.2 Å². The fourth-order valence-corrected chi connectivity index (χ4v) is 2.64. The number of anilines is 1. The molecule has 0 atom stereocenters. The minimum Gasteiger partial charge on any atom is -0.388 e. The van der Waals surface area contributed by atoms with Crippen LogP contribution in [0.4, 0.5) is 5.69 Å². The monoisotopic (exact) mass is 264 g/mol. The minimum atomic E-state index is -0.650. The number of hydrogen-bond acceptors (Lipinski definition) is 4. The Bertz CT molecular complexity index is 428. The van der Waals surface area contributed by atoms with Gasteiger partial charge in [-0.05, 0) is 24.1 Å². The van der Waals surface area contributed by atoms with Crippen LogP contribution in [0.1, 0.15) is 24.0 Å². The normalized spacial score (nSPS) is 18.3. The van der Waals surface area contributed by atoms with Gasteiger partial charge in [0.05, 0.1) is 5.60 Å². The topological polar surface area (TPSA) is 58.7 Å². The van der Waals surface area contributed by atoms with E-state index in [0.717, 1.165) is 11.3 Å². The van der Waals surface area contributed by atoms with Gasteiger partial charge in [-0.15, -0.1) is 0 Å². The highest BCUT2D eigenvalue weighted by Gasteiger charge is 2.31. The van der Waals surface area contributed by atoms with Crippen LogP contribution in [0.3, 0.4) is 0 Å². The number of benzene rings is 1. The molecule has 19 heavy (non-hydrogen) atoms. The predicted octanol–water partition coefficient (Wildman–Crippen LogP) is 1.43. The Morgan fingerprint density at radius 2 is 2.05 bits per heavy atom. The molecule has 1 heterocycles. The number of nitrogens with two attached hydrogens (primary N) is 1. The number of aliphatic hydroxyl groups is 1. The van der Waals surface area contributed by atoms with E-state index in [1.807, 2.05) is 7.05 Å². The third-order valence-electron chi connectivity index (χ3n) is 3.83. The SMILES string of the molecule is Cc1ccc(CN)c(N(C)CC2(O)CCOCC2)c1. The molecule has 0 aliphatic carbocycles. The number of likely N-dealkylation sites (N-methyl/N-ethyl adjacent to an activating group) is 1. The Hall–Kier alpha value is -1.10. The van der Waals surface area contributed by atoms with E-state index in [1.165, 1.54) is 5.56 Å². The number of nitrogens with zero attached hydrogens (tertiary/aromatic N) is 1. The van der Waals surface area contributed by atoms with Crippen LogP contribution in [-0.2, 0) is 11.3 Å². The molecule has 0 amide bonds. The first kappa shape index (κ1) is 14.3. The molecule has 4 nitrogen and oxygen atoms in total. The Morgan fingerprint density at radius 3 is 2.68 bits per heavy atom. The first-order chi connectivity index (χ1) is 9.04. The van der Waals surface area contributed by atoms with Crippen molar-refractivity contribution in [3.8, 4) is 0 Å². The van der Waals surface area contributed by atoms with Gasteiger partial charge < -0.3 is 20.5 Å². The van der Waals surface area contributed by atoms with E-state index >= 15 is 0 Å². The Labute approximate surface area is 115 Å². The van der Waals surface area contributed by atoms with Crippen LogP contribution in [0.25, 0.3) is 0 Å². The van der Waals surface area contributed by atoms with Crippen molar-refractivity contribution in [3.05, 3.63) is 29.3 Å². The van der Waals surface area contributed by atoms with Gasteiger partial charge in [-0.25, -0.2) is 0 Å². The molecule has 0 radical (unpaired) electrons. The van der Waals surface area contributed by atoms with Crippen molar-refractivity contribution in [1.29, 1.82) is 0 Å². The minimum absolute atomic E-state index is 0.515. The van der Waals surface area contributed by atoms with Gasteiger partial charge in [0, 0.05) is 51.9 Å². The van der Waals surface area contributed by atoms with E-state index in [9.17, 15) is 5.11 Å². The highest BCUT2D eigenvalue weighted by atomic mass is 16.5. The zero-order valence-corrected chi connectivity index (χ0v) is 11.9. The molecule has 1 aliphatic rings. The molecule has 2 rings (SSSR count). The van der Waals surface area contributed by atoms with Gasteiger partial charge >= 0.3 is 0 Å². The second-order valence-electron chi connectivity index (χ2n) is 5.53. The molecule has 0 saturated carbocycles. The molecule has 3 N–H and O–H groups in total. The molecular weight excluding hydrogens is 240 g/mol. The van der Waals surface area contributed by atoms with Gasteiger partial charge in [0.2, 0.25) is 0 Å². The van der Waals surface area contributed by atoms with Crippen LogP contribution in [-0.4, -0.2) is 37.5 Å². The van der Waals surface area contributed by atoms with Crippen molar-refractivity contribution in [3.63, 3.8) is 0 Å². The van der Waals surface area contributed by atoms with Gasteiger partial charge in [-0.2, -0.15) is 0 Å². The van der Waals surface area contributed by atoms with Crippen molar-refractivity contribution >= 4 is 5.69 Å². The molecule has 106 valence electrons. The average molecular weight is 264 g/mol. The van der Waals surface area contributed by atoms with Crippen molar-refractivity contribution in [1.82, 2.24) is 0 Å². The highest BCUT2D eigenvalue weighted by Crippen LogP contribution is 2.26. The quantitative estimate of drug-likeness (QED) is 0.864. The second-order valence-corrected chi connectivity index (χ2v) is 5.53. The second kappa shape index (κ2) is 5.90. The van der Waals surface area contributed by atoms with E-state index in [4.69, 9.17) is 10.5 Å². The largest absolute Gasteiger partial charge is 0.388 e. The van der Waals surface area contributed by atoms with Crippen LogP contribution < -0.4 is 10.6 Å². The highest BCUT2D eigenvalue weighted by molar-refractivity contribution is 5.55. The number of rotatable bonds is 4. The molecule has 0 aromatic heterocycles. The van der Waals surface area contributed by atoms with E-state index in [-0.39, 0.29) is 0 Å². The summed E-state index contributed by atoms with van der Waals surface area (Å²) >= 11 is 0. The molecule has 0 spiro atoms. The van der Waals surface area contributed by atoms with Crippen molar-refractivity contribution in [2.75, 3.05) is 31.7 Å². The molecule has 0 unspecified atom stereocenters. The molecule has 1 fully saturated rings. The smallest absolute Gasteiger partial charge is 0.0865 e. The van der Waals surface area contributed by atoms with Crippen molar-refractivity contribution in [2.24, 2.45) is 5.73 Å². The Kier molecular flexibility index (Phi) is 4.45. The maximum Gasteiger partial charge on any atom is 0.0865 e. The molecule has 1 saturated heterocycles. The third-order valence-corrected chi connectivity index (χ3v) is 3.83. The molecule has 0 bridgehead atoms. The summed E-state index contributed by atoms with van der Waals surface area (Å²) in [5, 5.41) is 10.6. The van der Waals surface area contributed by atoms with E-state index in [2.05, 4.69) is 30.0 Å². The van der Waals surface area contributed by atoms with E-state index < -0.39 is 5.60 Å². The lowest BCUT2D eigenvalue weighted by Crippen LogP contribution is -2.46. The van der Waals surface area contributed by atoms with Crippen molar-refractivity contribution in [2.45, 2.75) is 31.9 Å². The lowest BCUT2D eigenvalue weighted by molar-refractivity contribution is -0.0572. The predicted molar refractivity (Wildman–Crippen MR) is 77.3 cm³/mol. The lowest BCUT2D eigenvalue weighted by atomic mass is 9.93. The van der Waals surface area contributed by atoms with Gasteiger partial charge in [0.15, 0.2) is 0 Å². The summed E-state index contributed by atoms with van der Waals surface area (Å²) in [6.07, 6.45) is 1.39. The summed E-state index contributed by atoms with van der Waals surface area (Å²) in [6, 6.07) is 6.27. The Morgan fingerprint density at radius 1 is 1.37 bits per heavy atom. The fourth-order valence-electron chi connectivity index (χ4n) is 2.64. The zero-order chi connectivity index (χ0) is 13.9. The summed E-state index contributed by atoms with van der Waals surface area (Å²) < 4.78 is 5.32. The molecule has 1 aromatic rings. The molecule has 1 aliphatic heterocycles. The molecule has 4 heteroatoms. The van der Waals surface area contributed by atoms with Crippen molar-refractivity contribution < 1.29 is 9.84 Å². The van der Waals surface area contributed by atoms with Crippen LogP contribution >= 0.6 is 0 Å². The van der Waals surface area contributed by atoms with Crippen LogP contribution in [0, 0.1) is 6.92 Å². The summed E-state index contributed by atoms with van der Waals surface area (Å²) in [6.45, 7) is 4.49. The number of hydrogen-bond donors (Lipinski definition) is 2. The van der Waals surface area contributed by atoms with Crippen LogP contribution in [0.2, 0.25) is 0 Å². The summed E-state index contributed by atoms with van der Waals surface area (Å²) in [5.41, 5.74) is 8.58. The van der Waals surface area contributed by atoms with Gasteiger partial charge in [0.1, 0.15) is 0 Å². The first-order valence-corrected chi connectivity index (χ1v) is 6.85. The number of aryl methyl sites for hydroxylation is 1. The van der Waals surface area contributed by atoms with Gasteiger partial charge in [-0.1, -0.05) is 12.1 Å². The zero-order valence-electron chi connectivity index (χ0n) is 11.9. The van der Waals surface area contributed by atoms with Gasteiger partial charge in [0.25, 0.3) is 0 Å². The number of ether oxygens (including phenoxy) is 1. The fraction of sp³-hybridized carbons (Fsp3) is 0.600. The summed E-state index contributed by atoms with van der Waals surface area (Å²) in [4.78, 5) is 2.11. The van der Waals surface area contributed by atoms with Gasteiger partial charge in [-0.3, -0.25) is 0 Å². The summed E-state index contributed by atoms with van der Waals surface area (Å²) in [7, 11) is 2.02. The van der Waals surface area contributed by atoms with E-state index in [0.29, 0.717) is 39.1 Å². The molecular formula is C15H24N2O2. The third kappa shape index (κ3) is 3.47. The average Bonchev–Trinajstić information content (AvgIpc) is 2.39. The van der Waals surface area contributed by atoms with E-state index in [1.54, 1.807) is 0 Å². The molecule has 1 aromatic carbocycles. The summed E-state index contributed by atoms with van der Waals surface area (Å²) in [5.74, 6) is 0. The maximum absolute atomic E-state index is 10.6. The Balaban J connectivity index is 2.14. The standard InChI is InChI=1S/C15H24N2O2/c1-12-3-4-13(10-16)14(9-12)17(2)11-15(18)5-7-19-8-6-15/h3-4,9,18H,5-8,10-11,16H2,1-2H3.